The molecule has 0 radical (unpaired) electrons. The molecule has 0 fully saturated rings. The molecule has 48 valence electrons. The molecular formula is C7H13Cl. The maximum absolute atomic E-state index is 5.71. The van der Waals surface area contributed by atoms with Gasteiger partial charge in [-0.15, -0.1) is 11.6 Å². The third-order valence-electron chi connectivity index (χ3n) is 1.13. The van der Waals surface area contributed by atoms with Crippen molar-refractivity contribution in [3.63, 3.8) is 0 Å². The Morgan fingerprint density at radius 2 is 2.25 bits per heavy atom. The summed E-state index contributed by atoms with van der Waals surface area (Å²) >= 11 is 5.71. The van der Waals surface area contributed by atoms with Crippen LogP contribution >= 0.6 is 11.6 Å². The predicted molar refractivity (Wildman–Crippen MR) is 39.4 cm³/mol. The van der Waals surface area contributed by atoms with E-state index < -0.39 is 0 Å². The minimum atomic E-state index is 0.148. The van der Waals surface area contributed by atoms with Gasteiger partial charge in [-0.3, -0.25) is 0 Å². The molecule has 0 amide bonds. The van der Waals surface area contributed by atoms with Crippen LogP contribution in [0.2, 0.25) is 0 Å². The first-order chi connectivity index (χ1) is 3.68. The number of hydrogen-bond acceptors (Lipinski definition) is 0. The molecule has 0 aliphatic rings. The van der Waals surface area contributed by atoms with Crippen LogP contribution in [0.5, 0.6) is 0 Å². The van der Waals surface area contributed by atoms with Crippen molar-refractivity contribution in [1.29, 1.82) is 0 Å². The fraction of sp³-hybridized carbons (Fsp3) is 0.714. The van der Waals surface area contributed by atoms with Gasteiger partial charge in [-0.2, -0.15) is 0 Å². The molecule has 0 N–H and O–H groups in total. The van der Waals surface area contributed by atoms with Crippen LogP contribution in [0.1, 0.15) is 26.7 Å². The molecule has 0 aliphatic carbocycles. The Morgan fingerprint density at radius 1 is 1.75 bits per heavy atom. The highest BCUT2D eigenvalue weighted by atomic mass is 35.5. The van der Waals surface area contributed by atoms with Crippen molar-refractivity contribution < 1.29 is 0 Å². The lowest BCUT2D eigenvalue weighted by Gasteiger charge is -2.03. The van der Waals surface area contributed by atoms with Crippen LogP contribution in [0.15, 0.2) is 12.2 Å². The van der Waals surface area contributed by atoms with Crippen molar-refractivity contribution >= 4 is 11.6 Å². The number of halogens is 1. The average molecular weight is 133 g/mol. The molecule has 0 heterocycles. The van der Waals surface area contributed by atoms with Gasteiger partial charge in [0.25, 0.3) is 0 Å². The quantitative estimate of drug-likeness (QED) is 0.409. The van der Waals surface area contributed by atoms with Crippen LogP contribution < -0.4 is 0 Å². The van der Waals surface area contributed by atoms with E-state index in [1.807, 2.05) is 6.92 Å². The zero-order valence-electron chi connectivity index (χ0n) is 5.58. The largest absolute Gasteiger partial charge is 0.119 e. The van der Waals surface area contributed by atoms with Crippen LogP contribution in [0, 0.1) is 0 Å². The van der Waals surface area contributed by atoms with E-state index in [1.165, 1.54) is 0 Å². The fourth-order valence-corrected chi connectivity index (χ4v) is 0.629. The topological polar surface area (TPSA) is 0 Å². The standard InChI is InChI=1S/C7H13Cl/c1-4-5-6(2)7(3)8/h7H,2,4-5H2,1,3H3. The fourth-order valence-electron chi connectivity index (χ4n) is 0.520. The van der Waals surface area contributed by atoms with Gasteiger partial charge in [0, 0.05) is 0 Å². The maximum atomic E-state index is 5.71. The van der Waals surface area contributed by atoms with Crippen molar-refractivity contribution in [1.82, 2.24) is 0 Å². The molecule has 1 unspecified atom stereocenters. The molecule has 0 aromatic rings. The van der Waals surface area contributed by atoms with Gasteiger partial charge in [0.15, 0.2) is 0 Å². The van der Waals surface area contributed by atoms with Crippen molar-refractivity contribution in [2.45, 2.75) is 32.1 Å². The van der Waals surface area contributed by atoms with Crippen molar-refractivity contribution in [3.8, 4) is 0 Å². The summed E-state index contributed by atoms with van der Waals surface area (Å²) in [7, 11) is 0. The number of hydrogen-bond donors (Lipinski definition) is 0. The summed E-state index contributed by atoms with van der Waals surface area (Å²) < 4.78 is 0. The number of alkyl halides is 1. The molecule has 0 aromatic carbocycles. The molecule has 0 bridgehead atoms. The van der Waals surface area contributed by atoms with Crippen LogP contribution in [0.3, 0.4) is 0 Å². The highest BCUT2D eigenvalue weighted by Crippen LogP contribution is 2.11. The second-order valence-corrected chi connectivity index (χ2v) is 2.68. The van der Waals surface area contributed by atoms with Crippen molar-refractivity contribution in [2.24, 2.45) is 0 Å². The Bertz CT molecular complexity index is 74.5. The zero-order valence-corrected chi connectivity index (χ0v) is 6.33. The van der Waals surface area contributed by atoms with Gasteiger partial charge in [-0.1, -0.05) is 25.5 Å². The molecule has 0 rings (SSSR count). The SMILES string of the molecule is C=C(CCC)C(C)Cl. The van der Waals surface area contributed by atoms with Gasteiger partial charge >= 0.3 is 0 Å². The third-order valence-corrected chi connectivity index (χ3v) is 1.44. The molecule has 1 heteroatoms. The van der Waals surface area contributed by atoms with Crippen LogP contribution in [-0.4, -0.2) is 5.38 Å². The summed E-state index contributed by atoms with van der Waals surface area (Å²) in [6.07, 6.45) is 2.21. The summed E-state index contributed by atoms with van der Waals surface area (Å²) in [5, 5.41) is 0.148. The predicted octanol–water partition coefficient (Wildman–Crippen LogP) is 2.97. The molecule has 8 heavy (non-hydrogen) atoms. The number of rotatable bonds is 3. The van der Waals surface area contributed by atoms with Gasteiger partial charge in [0.05, 0.1) is 5.38 Å². The van der Waals surface area contributed by atoms with Gasteiger partial charge < -0.3 is 0 Å². The average Bonchev–Trinajstić information content (AvgIpc) is 1.67. The van der Waals surface area contributed by atoms with E-state index >= 15 is 0 Å². The monoisotopic (exact) mass is 132 g/mol. The normalized spacial score (nSPS) is 13.4. The molecule has 0 saturated carbocycles. The van der Waals surface area contributed by atoms with Crippen molar-refractivity contribution in [3.05, 3.63) is 12.2 Å². The van der Waals surface area contributed by atoms with Crippen LogP contribution in [-0.2, 0) is 0 Å². The van der Waals surface area contributed by atoms with E-state index in [0.717, 1.165) is 18.4 Å². The van der Waals surface area contributed by atoms with E-state index in [9.17, 15) is 0 Å². The Kier molecular flexibility index (Phi) is 3.98. The minimum Gasteiger partial charge on any atom is -0.119 e. The molecule has 0 aromatic heterocycles. The Hall–Kier alpha value is 0.0300. The highest BCUT2D eigenvalue weighted by Gasteiger charge is 1.98. The van der Waals surface area contributed by atoms with Crippen molar-refractivity contribution in [2.75, 3.05) is 0 Å². The third kappa shape index (κ3) is 3.09. The molecule has 0 nitrogen and oxygen atoms in total. The lowest BCUT2D eigenvalue weighted by atomic mass is 10.1. The number of allylic oxidation sites excluding steroid dienone is 1. The molecule has 0 spiro atoms. The summed E-state index contributed by atoms with van der Waals surface area (Å²) in [6.45, 7) is 7.90. The molecular weight excluding hydrogens is 120 g/mol. The lowest BCUT2D eigenvalue weighted by Crippen LogP contribution is -1.93. The summed E-state index contributed by atoms with van der Waals surface area (Å²) in [5.74, 6) is 0. The highest BCUT2D eigenvalue weighted by molar-refractivity contribution is 6.22. The molecule has 1 atom stereocenters. The smallest absolute Gasteiger partial charge is 0.0514 e. The van der Waals surface area contributed by atoms with E-state index in [0.29, 0.717) is 0 Å². The van der Waals surface area contributed by atoms with E-state index in [4.69, 9.17) is 11.6 Å². The molecule has 0 aliphatic heterocycles. The zero-order chi connectivity index (χ0) is 6.57. The second kappa shape index (κ2) is 3.96. The van der Waals surface area contributed by atoms with Gasteiger partial charge in [0.2, 0.25) is 0 Å². The summed E-state index contributed by atoms with van der Waals surface area (Å²) in [4.78, 5) is 0. The first kappa shape index (κ1) is 8.03. The Balaban J connectivity index is 3.33. The minimum absolute atomic E-state index is 0.148. The van der Waals surface area contributed by atoms with Crippen LogP contribution in [0.4, 0.5) is 0 Å². The van der Waals surface area contributed by atoms with E-state index in [-0.39, 0.29) is 5.38 Å². The Labute approximate surface area is 56.5 Å². The van der Waals surface area contributed by atoms with Gasteiger partial charge in [0.1, 0.15) is 0 Å². The summed E-state index contributed by atoms with van der Waals surface area (Å²) in [5.41, 5.74) is 1.15. The van der Waals surface area contributed by atoms with E-state index in [2.05, 4.69) is 13.5 Å². The van der Waals surface area contributed by atoms with E-state index in [1.54, 1.807) is 0 Å². The lowest BCUT2D eigenvalue weighted by molar-refractivity contribution is 0.867. The molecule has 0 saturated heterocycles. The van der Waals surface area contributed by atoms with Gasteiger partial charge in [-0.05, 0) is 13.3 Å². The maximum Gasteiger partial charge on any atom is 0.0514 e. The van der Waals surface area contributed by atoms with Crippen LogP contribution in [0.25, 0.3) is 0 Å². The summed E-state index contributed by atoms with van der Waals surface area (Å²) in [6, 6.07) is 0. The Morgan fingerprint density at radius 3 is 2.38 bits per heavy atom. The second-order valence-electron chi connectivity index (χ2n) is 2.02. The first-order valence-corrected chi connectivity index (χ1v) is 3.43. The first-order valence-electron chi connectivity index (χ1n) is 3.00. The van der Waals surface area contributed by atoms with Gasteiger partial charge in [-0.25, -0.2) is 0 Å².